The van der Waals surface area contributed by atoms with Crippen LogP contribution in [0.5, 0.6) is 0 Å². The van der Waals surface area contributed by atoms with Gasteiger partial charge in [-0.3, -0.25) is 0 Å². The number of rotatable bonds is 6. The van der Waals surface area contributed by atoms with Gasteiger partial charge in [0.2, 0.25) is 0 Å². The molecule has 1 aromatic carbocycles. The van der Waals surface area contributed by atoms with Gasteiger partial charge in [0.15, 0.2) is 0 Å². The molecule has 0 bridgehead atoms. The third kappa shape index (κ3) is 4.41. The van der Waals surface area contributed by atoms with E-state index >= 15 is 0 Å². The first-order chi connectivity index (χ1) is 10.0. The highest BCUT2D eigenvalue weighted by molar-refractivity contribution is 5.34. The number of nitrogens with one attached hydrogen (secondary N) is 1. The number of hydrogen-bond acceptors (Lipinski definition) is 3. The lowest BCUT2D eigenvalue weighted by Gasteiger charge is -2.14. The van der Waals surface area contributed by atoms with E-state index in [1.807, 2.05) is 10.9 Å². The van der Waals surface area contributed by atoms with E-state index in [2.05, 4.69) is 61.5 Å². The summed E-state index contributed by atoms with van der Waals surface area (Å²) >= 11 is 0. The highest BCUT2D eigenvalue weighted by atomic mass is 16.3. The van der Waals surface area contributed by atoms with Crippen molar-refractivity contribution in [3.8, 4) is 5.69 Å². The second-order valence-corrected chi connectivity index (χ2v) is 6.29. The van der Waals surface area contributed by atoms with Gasteiger partial charge in [-0.05, 0) is 36.7 Å². The molecule has 1 heterocycles. The first-order valence-electron chi connectivity index (χ1n) is 7.48. The van der Waals surface area contributed by atoms with E-state index in [9.17, 15) is 0 Å². The fourth-order valence-electron chi connectivity index (χ4n) is 2.12. The summed E-state index contributed by atoms with van der Waals surface area (Å²) in [7, 11) is 0. The molecular formula is C17H25N3O. The average Bonchev–Trinajstić information content (AvgIpc) is 2.94. The second kappa shape index (κ2) is 6.87. The molecule has 21 heavy (non-hydrogen) atoms. The van der Waals surface area contributed by atoms with Crippen LogP contribution in [0, 0.1) is 0 Å². The van der Waals surface area contributed by atoms with Gasteiger partial charge in [0.05, 0.1) is 18.0 Å². The molecule has 2 aromatic rings. The van der Waals surface area contributed by atoms with Crippen molar-refractivity contribution in [3.05, 3.63) is 47.8 Å². The summed E-state index contributed by atoms with van der Waals surface area (Å²) in [6.45, 7) is 8.23. The fourth-order valence-corrected chi connectivity index (χ4v) is 2.12. The zero-order valence-electron chi connectivity index (χ0n) is 13.1. The van der Waals surface area contributed by atoms with E-state index in [0.29, 0.717) is 6.54 Å². The van der Waals surface area contributed by atoms with Gasteiger partial charge in [0, 0.05) is 18.2 Å². The molecule has 0 saturated carbocycles. The molecule has 0 fully saturated rings. The molecule has 0 unspecified atom stereocenters. The molecule has 114 valence electrons. The minimum Gasteiger partial charge on any atom is -0.395 e. The molecule has 0 radical (unpaired) electrons. The van der Waals surface area contributed by atoms with Crippen LogP contribution in [0.15, 0.2) is 36.5 Å². The smallest absolute Gasteiger partial charge is 0.0682 e. The second-order valence-electron chi connectivity index (χ2n) is 6.29. The molecule has 0 aliphatic heterocycles. The van der Waals surface area contributed by atoms with Crippen molar-refractivity contribution < 1.29 is 5.11 Å². The largest absolute Gasteiger partial charge is 0.395 e. The van der Waals surface area contributed by atoms with E-state index in [1.165, 1.54) is 5.56 Å². The average molecular weight is 287 g/mol. The molecule has 0 amide bonds. The van der Waals surface area contributed by atoms with Gasteiger partial charge in [-0.25, -0.2) is 4.68 Å². The van der Waals surface area contributed by atoms with Crippen LogP contribution in [0.2, 0.25) is 0 Å². The predicted molar refractivity (Wildman–Crippen MR) is 85.9 cm³/mol. The molecule has 4 nitrogen and oxygen atoms in total. The van der Waals surface area contributed by atoms with Crippen LogP contribution < -0.4 is 5.32 Å². The van der Waals surface area contributed by atoms with Gasteiger partial charge < -0.3 is 10.4 Å². The molecule has 4 heteroatoms. The summed E-state index contributed by atoms with van der Waals surface area (Å²) < 4.78 is 1.92. The molecule has 2 N–H and O–H groups in total. The number of benzene rings is 1. The molecule has 0 saturated heterocycles. The van der Waals surface area contributed by atoms with Gasteiger partial charge in [0.25, 0.3) is 0 Å². The number of aliphatic hydroxyl groups excluding tert-OH is 1. The SMILES string of the molecule is CC(C)(C)c1ccn(-c2ccc(CCNCCO)cc2)n1. The van der Waals surface area contributed by atoms with Crippen molar-refractivity contribution in [2.75, 3.05) is 19.7 Å². The minimum absolute atomic E-state index is 0.0730. The van der Waals surface area contributed by atoms with Crippen LogP contribution in [0.1, 0.15) is 32.0 Å². The highest BCUT2D eigenvalue weighted by Gasteiger charge is 2.16. The minimum atomic E-state index is 0.0730. The van der Waals surface area contributed by atoms with Gasteiger partial charge >= 0.3 is 0 Å². The zero-order chi connectivity index (χ0) is 15.3. The zero-order valence-corrected chi connectivity index (χ0v) is 13.1. The van der Waals surface area contributed by atoms with Crippen LogP contribution in [0.4, 0.5) is 0 Å². The summed E-state index contributed by atoms with van der Waals surface area (Å²) in [5.41, 5.74) is 3.54. The lowest BCUT2D eigenvalue weighted by Crippen LogP contribution is -2.20. The Kier molecular flexibility index (Phi) is 5.15. The molecule has 0 aliphatic carbocycles. The Morgan fingerprint density at radius 3 is 2.38 bits per heavy atom. The van der Waals surface area contributed by atoms with Crippen molar-refractivity contribution >= 4 is 0 Å². The predicted octanol–water partition coefficient (Wildman–Crippen LogP) is 2.29. The molecule has 2 rings (SSSR count). The Bertz CT molecular complexity index is 552. The Hall–Kier alpha value is -1.65. The van der Waals surface area contributed by atoms with Gasteiger partial charge in [-0.2, -0.15) is 5.10 Å². The number of aromatic nitrogens is 2. The lowest BCUT2D eigenvalue weighted by molar-refractivity contribution is 0.293. The maximum absolute atomic E-state index is 8.71. The van der Waals surface area contributed by atoms with Crippen LogP contribution in [0.25, 0.3) is 5.69 Å². The van der Waals surface area contributed by atoms with Crippen molar-refractivity contribution in [1.29, 1.82) is 0 Å². The van der Waals surface area contributed by atoms with Gasteiger partial charge in [0.1, 0.15) is 0 Å². The fraction of sp³-hybridized carbons (Fsp3) is 0.471. The standard InChI is InChI=1S/C17H25N3O/c1-17(2,3)16-9-12-20(19-16)15-6-4-14(5-7-15)8-10-18-11-13-21/h4-7,9,12,18,21H,8,10-11,13H2,1-3H3. The van der Waals surface area contributed by atoms with Crippen molar-refractivity contribution in [3.63, 3.8) is 0 Å². The number of nitrogens with zero attached hydrogens (tertiary/aromatic N) is 2. The van der Waals surface area contributed by atoms with Crippen LogP contribution >= 0.6 is 0 Å². The molecule has 0 aliphatic rings. The van der Waals surface area contributed by atoms with Gasteiger partial charge in [-0.15, -0.1) is 0 Å². The Morgan fingerprint density at radius 1 is 1.10 bits per heavy atom. The van der Waals surface area contributed by atoms with E-state index in [-0.39, 0.29) is 12.0 Å². The topological polar surface area (TPSA) is 50.1 Å². The van der Waals surface area contributed by atoms with E-state index in [4.69, 9.17) is 5.11 Å². The number of hydrogen-bond donors (Lipinski definition) is 2. The van der Waals surface area contributed by atoms with Gasteiger partial charge in [-0.1, -0.05) is 32.9 Å². The monoisotopic (exact) mass is 287 g/mol. The van der Waals surface area contributed by atoms with E-state index in [0.717, 1.165) is 24.3 Å². The summed E-state index contributed by atoms with van der Waals surface area (Å²) in [4.78, 5) is 0. The van der Waals surface area contributed by atoms with Crippen LogP contribution in [-0.4, -0.2) is 34.6 Å². The first-order valence-corrected chi connectivity index (χ1v) is 7.48. The van der Waals surface area contributed by atoms with Crippen LogP contribution in [-0.2, 0) is 11.8 Å². The molecule has 1 aromatic heterocycles. The summed E-state index contributed by atoms with van der Waals surface area (Å²) in [6, 6.07) is 10.5. The maximum atomic E-state index is 8.71. The third-order valence-corrected chi connectivity index (χ3v) is 3.44. The third-order valence-electron chi connectivity index (χ3n) is 3.44. The van der Waals surface area contributed by atoms with E-state index < -0.39 is 0 Å². The van der Waals surface area contributed by atoms with E-state index in [1.54, 1.807) is 0 Å². The Labute approximate surface area is 126 Å². The summed E-state index contributed by atoms with van der Waals surface area (Å²) in [5.74, 6) is 0. The lowest BCUT2D eigenvalue weighted by atomic mass is 9.93. The molecule has 0 spiro atoms. The molecule has 0 atom stereocenters. The van der Waals surface area contributed by atoms with Crippen molar-refractivity contribution in [2.24, 2.45) is 0 Å². The van der Waals surface area contributed by atoms with Crippen LogP contribution in [0.3, 0.4) is 0 Å². The Balaban J connectivity index is 2.00. The highest BCUT2D eigenvalue weighted by Crippen LogP contribution is 2.21. The maximum Gasteiger partial charge on any atom is 0.0682 e. The van der Waals surface area contributed by atoms with Crippen molar-refractivity contribution in [1.82, 2.24) is 15.1 Å². The molecular weight excluding hydrogens is 262 g/mol. The summed E-state index contributed by atoms with van der Waals surface area (Å²) in [5, 5.41) is 16.5. The van der Waals surface area contributed by atoms with Crippen molar-refractivity contribution in [2.45, 2.75) is 32.6 Å². The quantitative estimate of drug-likeness (QED) is 0.802. The summed E-state index contributed by atoms with van der Waals surface area (Å²) in [6.07, 6.45) is 2.98. The number of aliphatic hydroxyl groups is 1. The first kappa shape index (κ1) is 15.7. The normalized spacial score (nSPS) is 11.8. The Morgan fingerprint density at radius 2 is 1.81 bits per heavy atom.